The highest BCUT2D eigenvalue weighted by Gasteiger charge is 2.36. The van der Waals surface area contributed by atoms with Gasteiger partial charge in [0.25, 0.3) is 0 Å². The van der Waals surface area contributed by atoms with Crippen LogP contribution in [0.2, 0.25) is 0 Å². The lowest BCUT2D eigenvalue weighted by Gasteiger charge is -2.43. The Kier molecular flexibility index (Phi) is 4.08. The molecule has 1 aromatic carbocycles. The Hall–Kier alpha value is -2.04. The SMILES string of the molecule is O=C(OCc1ccccc1)N1CC(=O)N2CCCCC2C1. The lowest BCUT2D eigenvalue weighted by molar-refractivity contribution is -0.140. The molecule has 3 rings (SSSR count). The van der Waals surface area contributed by atoms with Crippen LogP contribution in [-0.2, 0) is 16.1 Å². The number of ether oxygens (including phenoxy) is 1. The van der Waals surface area contributed by atoms with Crippen molar-refractivity contribution in [1.82, 2.24) is 9.80 Å². The monoisotopic (exact) mass is 288 g/mol. The highest BCUT2D eigenvalue weighted by molar-refractivity contribution is 5.84. The maximum Gasteiger partial charge on any atom is 0.410 e. The largest absolute Gasteiger partial charge is 0.445 e. The van der Waals surface area contributed by atoms with Crippen LogP contribution in [0, 0.1) is 0 Å². The first-order valence-corrected chi connectivity index (χ1v) is 7.49. The van der Waals surface area contributed by atoms with Crippen molar-refractivity contribution >= 4 is 12.0 Å². The van der Waals surface area contributed by atoms with Crippen molar-refractivity contribution in [3.05, 3.63) is 35.9 Å². The Morgan fingerprint density at radius 3 is 2.86 bits per heavy atom. The number of amides is 2. The number of rotatable bonds is 2. The predicted molar refractivity (Wildman–Crippen MR) is 77.6 cm³/mol. The Labute approximate surface area is 124 Å². The van der Waals surface area contributed by atoms with Crippen molar-refractivity contribution in [1.29, 1.82) is 0 Å². The highest BCUT2D eigenvalue weighted by atomic mass is 16.6. The fourth-order valence-corrected chi connectivity index (χ4v) is 3.04. The van der Waals surface area contributed by atoms with Gasteiger partial charge < -0.3 is 9.64 Å². The Balaban J connectivity index is 1.56. The van der Waals surface area contributed by atoms with Gasteiger partial charge in [0.05, 0.1) is 0 Å². The van der Waals surface area contributed by atoms with E-state index in [2.05, 4.69) is 0 Å². The average molecular weight is 288 g/mol. The predicted octanol–water partition coefficient (Wildman–Crippen LogP) is 2.02. The summed E-state index contributed by atoms with van der Waals surface area (Å²) in [4.78, 5) is 27.7. The molecule has 2 fully saturated rings. The molecule has 1 atom stereocenters. The Morgan fingerprint density at radius 1 is 1.24 bits per heavy atom. The number of fused-ring (bicyclic) bond motifs is 1. The molecule has 0 spiro atoms. The van der Waals surface area contributed by atoms with Crippen molar-refractivity contribution in [3.8, 4) is 0 Å². The molecule has 1 unspecified atom stereocenters. The molecule has 2 aliphatic heterocycles. The lowest BCUT2D eigenvalue weighted by atomic mass is 9.99. The summed E-state index contributed by atoms with van der Waals surface area (Å²) in [5.41, 5.74) is 0.952. The molecule has 2 aliphatic rings. The molecule has 2 saturated heterocycles. The molecule has 0 aromatic heterocycles. The van der Waals surface area contributed by atoms with Crippen LogP contribution in [0.3, 0.4) is 0 Å². The van der Waals surface area contributed by atoms with Gasteiger partial charge in [0.2, 0.25) is 5.91 Å². The Bertz CT molecular complexity index is 518. The second-order valence-electron chi connectivity index (χ2n) is 5.66. The zero-order valence-electron chi connectivity index (χ0n) is 12.0. The second-order valence-corrected chi connectivity index (χ2v) is 5.66. The van der Waals surface area contributed by atoms with E-state index in [-0.39, 0.29) is 25.1 Å². The summed E-state index contributed by atoms with van der Waals surface area (Å²) in [6.45, 7) is 1.82. The first-order chi connectivity index (χ1) is 10.2. The standard InChI is InChI=1S/C16H20N2O3/c19-15-11-17(10-14-8-4-5-9-18(14)15)16(20)21-12-13-6-2-1-3-7-13/h1-3,6-7,14H,4-5,8-12H2. The van der Waals surface area contributed by atoms with Crippen LogP contribution in [0.1, 0.15) is 24.8 Å². The van der Waals surface area contributed by atoms with Crippen LogP contribution in [0.15, 0.2) is 30.3 Å². The summed E-state index contributed by atoms with van der Waals surface area (Å²) in [5.74, 6) is 0.0441. The van der Waals surface area contributed by atoms with Crippen molar-refractivity contribution in [2.45, 2.75) is 31.9 Å². The zero-order chi connectivity index (χ0) is 14.7. The minimum absolute atomic E-state index is 0.0441. The van der Waals surface area contributed by atoms with Gasteiger partial charge in [-0.05, 0) is 24.8 Å². The summed E-state index contributed by atoms with van der Waals surface area (Å²) in [7, 11) is 0. The average Bonchev–Trinajstić information content (AvgIpc) is 2.53. The van der Waals surface area contributed by atoms with E-state index in [0.717, 1.165) is 31.4 Å². The minimum atomic E-state index is -0.391. The van der Waals surface area contributed by atoms with Gasteiger partial charge in [0, 0.05) is 19.1 Å². The van der Waals surface area contributed by atoms with Crippen molar-refractivity contribution in [3.63, 3.8) is 0 Å². The molecule has 21 heavy (non-hydrogen) atoms. The maximum atomic E-state index is 12.1. The van der Waals surface area contributed by atoms with Gasteiger partial charge in [-0.2, -0.15) is 0 Å². The van der Waals surface area contributed by atoms with E-state index in [9.17, 15) is 9.59 Å². The molecule has 112 valence electrons. The van der Waals surface area contributed by atoms with E-state index in [4.69, 9.17) is 4.74 Å². The summed E-state index contributed by atoms with van der Waals surface area (Å²) >= 11 is 0. The molecule has 5 heteroatoms. The first-order valence-electron chi connectivity index (χ1n) is 7.49. The van der Waals surface area contributed by atoms with E-state index >= 15 is 0 Å². The van der Waals surface area contributed by atoms with Crippen LogP contribution in [0.4, 0.5) is 4.79 Å². The molecular weight excluding hydrogens is 268 g/mol. The molecule has 1 aromatic rings. The normalized spacial score (nSPS) is 21.9. The number of hydrogen-bond acceptors (Lipinski definition) is 3. The first kappa shape index (κ1) is 13.9. The van der Waals surface area contributed by atoms with Crippen LogP contribution < -0.4 is 0 Å². The summed E-state index contributed by atoms with van der Waals surface area (Å²) < 4.78 is 5.31. The van der Waals surface area contributed by atoms with E-state index in [1.54, 1.807) is 0 Å². The van der Waals surface area contributed by atoms with E-state index < -0.39 is 6.09 Å². The number of piperazine rings is 1. The Morgan fingerprint density at radius 2 is 2.05 bits per heavy atom. The molecule has 0 bridgehead atoms. The van der Waals surface area contributed by atoms with Gasteiger partial charge in [-0.25, -0.2) is 4.79 Å². The van der Waals surface area contributed by atoms with Crippen LogP contribution in [-0.4, -0.2) is 47.5 Å². The second kappa shape index (κ2) is 6.16. The third-order valence-corrected chi connectivity index (χ3v) is 4.17. The molecule has 0 radical (unpaired) electrons. The van der Waals surface area contributed by atoms with Gasteiger partial charge in [0.15, 0.2) is 0 Å². The van der Waals surface area contributed by atoms with Crippen molar-refractivity contribution in [2.24, 2.45) is 0 Å². The van der Waals surface area contributed by atoms with Gasteiger partial charge in [-0.3, -0.25) is 9.69 Å². The van der Waals surface area contributed by atoms with E-state index in [1.165, 1.54) is 4.90 Å². The van der Waals surface area contributed by atoms with Crippen LogP contribution in [0.25, 0.3) is 0 Å². The molecule has 5 nitrogen and oxygen atoms in total. The van der Waals surface area contributed by atoms with Crippen molar-refractivity contribution < 1.29 is 14.3 Å². The van der Waals surface area contributed by atoms with Gasteiger partial charge in [0.1, 0.15) is 13.2 Å². The molecule has 2 amide bonds. The molecule has 0 saturated carbocycles. The van der Waals surface area contributed by atoms with E-state index in [1.807, 2.05) is 35.2 Å². The zero-order valence-corrected chi connectivity index (χ0v) is 12.0. The summed E-state index contributed by atoms with van der Waals surface area (Å²) in [6, 6.07) is 9.74. The summed E-state index contributed by atoms with van der Waals surface area (Å²) in [6.07, 6.45) is 2.79. The quantitative estimate of drug-likeness (QED) is 0.836. The summed E-state index contributed by atoms with van der Waals surface area (Å²) in [5, 5.41) is 0. The molecular formula is C16H20N2O3. The van der Waals surface area contributed by atoms with Gasteiger partial charge >= 0.3 is 6.09 Å². The smallest absolute Gasteiger partial charge is 0.410 e. The molecule has 2 heterocycles. The third kappa shape index (κ3) is 3.17. The number of carbonyl (C=O) groups excluding carboxylic acids is 2. The lowest BCUT2D eigenvalue weighted by Crippen LogP contribution is -2.59. The number of carbonyl (C=O) groups is 2. The number of piperidine rings is 1. The maximum absolute atomic E-state index is 12.1. The van der Waals surface area contributed by atoms with Crippen molar-refractivity contribution in [2.75, 3.05) is 19.6 Å². The number of hydrogen-bond donors (Lipinski definition) is 0. The molecule has 0 aliphatic carbocycles. The minimum Gasteiger partial charge on any atom is -0.445 e. The molecule has 0 N–H and O–H groups in total. The van der Waals surface area contributed by atoms with Crippen LogP contribution >= 0.6 is 0 Å². The topological polar surface area (TPSA) is 49.9 Å². The van der Waals surface area contributed by atoms with Gasteiger partial charge in [-0.15, -0.1) is 0 Å². The number of benzene rings is 1. The van der Waals surface area contributed by atoms with Gasteiger partial charge in [-0.1, -0.05) is 30.3 Å². The fourth-order valence-electron chi connectivity index (χ4n) is 3.04. The third-order valence-electron chi connectivity index (χ3n) is 4.17. The fraction of sp³-hybridized carbons (Fsp3) is 0.500. The van der Waals surface area contributed by atoms with E-state index in [0.29, 0.717) is 6.54 Å². The highest BCUT2D eigenvalue weighted by Crippen LogP contribution is 2.22. The van der Waals surface area contributed by atoms with Crippen LogP contribution in [0.5, 0.6) is 0 Å². The number of nitrogens with zero attached hydrogens (tertiary/aromatic N) is 2.